The second-order valence-electron chi connectivity index (χ2n) is 5.51. The molecule has 1 aromatic carbocycles. The van der Waals surface area contributed by atoms with Crippen molar-refractivity contribution in [1.82, 2.24) is 4.98 Å². The number of anilines is 1. The van der Waals surface area contributed by atoms with E-state index in [0.717, 1.165) is 23.2 Å². The number of aryl methyl sites for hydroxylation is 1. The van der Waals surface area contributed by atoms with Gasteiger partial charge in [-0.1, -0.05) is 12.8 Å². The smallest absolute Gasteiger partial charge is 0.192 e. The molecule has 1 heterocycles. The molecule has 4 heteroatoms. The summed E-state index contributed by atoms with van der Waals surface area (Å²) in [5, 5.41) is 0. The van der Waals surface area contributed by atoms with Gasteiger partial charge in [-0.25, -0.2) is 4.98 Å². The second-order valence-corrected chi connectivity index (χ2v) is 5.51. The molecule has 0 radical (unpaired) electrons. The van der Waals surface area contributed by atoms with Crippen molar-refractivity contribution in [2.24, 2.45) is 5.73 Å². The maximum atomic E-state index is 6.26. The molecule has 0 bridgehead atoms. The summed E-state index contributed by atoms with van der Waals surface area (Å²) in [5.41, 5.74) is 9.19. The molecular formula is C15H21N3O. The number of hydrogen-bond donors (Lipinski definition) is 1. The number of hydrogen-bond acceptors (Lipinski definition) is 4. The van der Waals surface area contributed by atoms with Crippen LogP contribution in [-0.4, -0.2) is 24.1 Å². The Kier molecular flexibility index (Phi) is 3.19. The minimum absolute atomic E-state index is 0.269. The summed E-state index contributed by atoms with van der Waals surface area (Å²) in [6, 6.07) is 6.88. The molecule has 2 unspecified atom stereocenters. The molecule has 1 fully saturated rings. The lowest BCUT2D eigenvalue weighted by Crippen LogP contribution is -2.48. The lowest BCUT2D eigenvalue weighted by Gasteiger charge is -2.37. The third kappa shape index (κ3) is 2.32. The molecule has 0 aliphatic heterocycles. The Morgan fingerprint density at radius 2 is 2.11 bits per heavy atom. The molecule has 0 spiro atoms. The van der Waals surface area contributed by atoms with E-state index in [9.17, 15) is 0 Å². The number of aromatic nitrogens is 1. The maximum absolute atomic E-state index is 6.26. The van der Waals surface area contributed by atoms with Crippen LogP contribution in [0.4, 0.5) is 5.69 Å². The Hall–Kier alpha value is -1.55. The molecule has 1 aliphatic rings. The first-order valence-corrected chi connectivity index (χ1v) is 7.01. The van der Waals surface area contributed by atoms with Gasteiger partial charge in [0.2, 0.25) is 0 Å². The van der Waals surface area contributed by atoms with Crippen molar-refractivity contribution in [1.29, 1.82) is 0 Å². The number of oxazole rings is 1. The summed E-state index contributed by atoms with van der Waals surface area (Å²) >= 11 is 0. The van der Waals surface area contributed by atoms with Gasteiger partial charge in [0.1, 0.15) is 5.52 Å². The average Bonchev–Trinajstić information content (AvgIpc) is 2.77. The summed E-state index contributed by atoms with van der Waals surface area (Å²) in [6.45, 7) is 1.88. The van der Waals surface area contributed by atoms with Crippen LogP contribution in [0.25, 0.3) is 11.1 Å². The van der Waals surface area contributed by atoms with Gasteiger partial charge in [0.15, 0.2) is 11.5 Å². The first-order valence-electron chi connectivity index (χ1n) is 7.01. The van der Waals surface area contributed by atoms with Crippen molar-refractivity contribution in [3.8, 4) is 0 Å². The highest BCUT2D eigenvalue weighted by Gasteiger charge is 2.25. The van der Waals surface area contributed by atoms with Crippen LogP contribution < -0.4 is 10.6 Å². The van der Waals surface area contributed by atoms with Crippen molar-refractivity contribution in [2.45, 2.75) is 44.7 Å². The lowest BCUT2D eigenvalue weighted by molar-refractivity contribution is 0.373. The number of benzene rings is 1. The molecule has 19 heavy (non-hydrogen) atoms. The molecule has 0 amide bonds. The third-order valence-corrected chi connectivity index (χ3v) is 4.17. The van der Waals surface area contributed by atoms with Gasteiger partial charge < -0.3 is 15.1 Å². The normalized spacial score (nSPS) is 23.7. The van der Waals surface area contributed by atoms with Crippen molar-refractivity contribution < 1.29 is 4.42 Å². The van der Waals surface area contributed by atoms with Gasteiger partial charge in [0.05, 0.1) is 0 Å². The molecule has 2 N–H and O–H groups in total. The first kappa shape index (κ1) is 12.5. The topological polar surface area (TPSA) is 55.3 Å². The van der Waals surface area contributed by atoms with E-state index in [1.165, 1.54) is 19.3 Å². The van der Waals surface area contributed by atoms with Crippen LogP contribution in [0.1, 0.15) is 31.6 Å². The van der Waals surface area contributed by atoms with Gasteiger partial charge in [-0.15, -0.1) is 0 Å². The van der Waals surface area contributed by atoms with Crippen molar-refractivity contribution in [3.05, 3.63) is 24.1 Å². The van der Waals surface area contributed by atoms with E-state index in [-0.39, 0.29) is 6.04 Å². The molecule has 102 valence electrons. The zero-order valence-corrected chi connectivity index (χ0v) is 11.6. The van der Waals surface area contributed by atoms with Gasteiger partial charge in [-0.3, -0.25) is 0 Å². The third-order valence-electron chi connectivity index (χ3n) is 4.17. The van der Waals surface area contributed by atoms with Crippen LogP contribution >= 0.6 is 0 Å². The van der Waals surface area contributed by atoms with Gasteiger partial charge >= 0.3 is 0 Å². The van der Waals surface area contributed by atoms with E-state index >= 15 is 0 Å². The Bertz CT molecular complexity index is 578. The predicted octanol–water partition coefficient (Wildman–Crippen LogP) is 2.84. The Morgan fingerprint density at radius 1 is 1.32 bits per heavy atom. The van der Waals surface area contributed by atoms with Gasteiger partial charge in [0, 0.05) is 37.8 Å². The highest BCUT2D eigenvalue weighted by molar-refractivity contribution is 5.77. The van der Waals surface area contributed by atoms with E-state index in [1.807, 2.05) is 13.0 Å². The van der Waals surface area contributed by atoms with Crippen LogP contribution in [0.3, 0.4) is 0 Å². The van der Waals surface area contributed by atoms with E-state index in [1.54, 1.807) is 0 Å². The molecule has 4 nitrogen and oxygen atoms in total. The zero-order valence-electron chi connectivity index (χ0n) is 11.6. The van der Waals surface area contributed by atoms with E-state index < -0.39 is 0 Å². The summed E-state index contributed by atoms with van der Waals surface area (Å²) in [6.07, 6.45) is 4.82. The van der Waals surface area contributed by atoms with Crippen LogP contribution in [0.5, 0.6) is 0 Å². The van der Waals surface area contributed by atoms with Crippen LogP contribution in [0.2, 0.25) is 0 Å². The van der Waals surface area contributed by atoms with Crippen LogP contribution in [0.15, 0.2) is 22.6 Å². The molecule has 0 saturated heterocycles. The van der Waals surface area contributed by atoms with Gasteiger partial charge in [-0.2, -0.15) is 0 Å². The van der Waals surface area contributed by atoms with Crippen molar-refractivity contribution in [2.75, 3.05) is 11.9 Å². The Balaban J connectivity index is 1.89. The molecule has 1 aliphatic carbocycles. The molecule has 3 rings (SSSR count). The summed E-state index contributed by atoms with van der Waals surface area (Å²) in [4.78, 5) is 6.62. The number of likely N-dealkylation sites (N-methyl/N-ethyl adjacent to an activating group) is 1. The average molecular weight is 259 g/mol. The molecule has 1 saturated carbocycles. The van der Waals surface area contributed by atoms with Crippen LogP contribution in [-0.2, 0) is 0 Å². The number of rotatable bonds is 2. The highest BCUT2D eigenvalue weighted by Crippen LogP contribution is 2.28. The Morgan fingerprint density at radius 3 is 2.89 bits per heavy atom. The van der Waals surface area contributed by atoms with E-state index in [0.29, 0.717) is 11.9 Å². The predicted molar refractivity (Wildman–Crippen MR) is 77.4 cm³/mol. The van der Waals surface area contributed by atoms with Crippen LogP contribution in [0, 0.1) is 6.92 Å². The fourth-order valence-electron chi connectivity index (χ4n) is 3.06. The van der Waals surface area contributed by atoms with Crippen molar-refractivity contribution >= 4 is 16.8 Å². The van der Waals surface area contributed by atoms with Gasteiger partial charge in [0.25, 0.3) is 0 Å². The number of fused-ring (bicyclic) bond motifs is 1. The monoisotopic (exact) mass is 259 g/mol. The fraction of sp³-hybridized carbons (Fsp3) is 0.533. The van der Waals surface area contributed by atoms with E-state index in [4.69, 9.17) is 10.2 Å². The zero-order chi connectivity index (χ0) is 13.4. The minimum atomic E-state index is 0.269. The molecule has 2 atom stereocenters. The minimum Gasteiger partial charge on any atom is -0.441 e. The fourth-order valence-corrected chi connectivity index (χ4v) is 3.06. The highest BCUT2D eigenvalue weighted by atomic mass is 16.3. The summed E-state index contributed by atoms with van der Waals surface area (Å²) in [7, 11) is 2.13. The largest absolute Gasteiger partial charge is 0.441 e. The van der Waals surface area contributed by atoms with Crippen molar-refractivity contribution in [3.63, 3.8) is 0 Å². The summed E-state index contributed by atoms with van der Waals surface area (Å²) in [5.74, 6) is 0.712. The second kappa shape index (κ2) is 4.85. The standard InChI is InChI=1S/C15H21N3O/c1-10-17-13-8-7-11(9-15(13)19-10)18(2)14-6-4-3-5-12(14)16/h7-9,12,14H,3-6,16H2,1-2H3. The van der Waals surface area contributed by atoms with Gasteiger partial charge in [-0.05, 0) is 25.0 Å². The SMILES string of the molecule is Cc1nc2ccc(N(C)C3CCCCC3N)cc2o1. The number of nitrogens with zero attached hydrogens (tertiary/aromatic N) is 2. The van der Waals surface area contributed by atoms with E-state index in [2.05, 4.69) is 29.1 Å². The molecule has 1 aromatic heterocycles. The molecule has 2 aromatic rings. The Labute approximate surface area is 113 Å². The number of nitrogens with two attached hydrogens (primary N) is 1. The maximum Gasteiger partial charge on any atom is 0.192 e. The summed E-state index contributed by atoms with van der Waals surface area (Å²) < 4.78 is 5.60. The molecular weight excluding hydrogens is 238 g/mol. The first-order chi connectivity index (χ1) is 9.15. The quantitative estimate of drug-likeness (QED) is 0.901. The lowest BCUT2D eigenvalue weighted by atomic mass is 9.90.